The SMILES string of the molecule is C=C[P+](O)(OCc1ccccc1[N+](=O)[O-])OCc1ccccc1[N+](=O)[O-]. The first kappa shape index (κ1) is 19.6. The zero-order valence-corrected chi connectivity index (χ0v) is 14.5. The Morgan fingerprint density at radius 3 is 1.65 bits per heavy atom. The average molecular weight is 379 g/mol. The lowest BCUT2D eigenvalue weighted by Crippen LogP contribution is -2.04. The van der Waals surface area contributed by atoms with Crippen molar-refractivity contribution in [3.05, 3.63) is 92.3 Å². The van der Waals surface area contributed by atoms with Gasteiger partial charge < -0.3 is 0 Å². The molecular weight excluding hydrogens is 363 g/mol. The van der Waals surface area contributed by atoms with Crippen LogP contribution in [0.1, 0.15) is 11.1 Å². The summed E-state index contributed by atoms with van der Waals surface area (Å²) in [7, 11) is -3.56. The van der Waals surface area contributed by atoms with E-state index in [2.05, 4.69) is 6.58 Å². The van der Waals surface area contributed by atoms with Crippen molar-refractivity contribution in [3.63, 3.8) is 0 Å². The van der Waals surface area contributed by atoms with Gasteiger partial charge in [0.15, 0.2) is 0 Å². The van der Waals surface area contributed by atoms with Crippen LogP contribution in [0, 0.1) is 20.2 Å². The van der Waals surface area contributed by atoms with E-state index >= 15 is 0 Å². The highest BCUT2D eigenvalue weighted by atomic mass is 31.2. The molecule has 0 unspecified atom stereocenters. The van der Waals surface area contributed by atoms with Crippen molar-refractivity contribution in [1.82, 2.24) is 0 Å². The molecule has 1 N–H and O–H groups in total. The number of nitrogens with zero attached hydrogens (tertiary/aromatic N) is 2. The fourth-order valence-electron chi connectivity index (χ4n) is 2.09. The van der Waals surface area contributed by atoms with Gasteiger partial charge in [0.1, 0.15) is 19.0 Å². The molecule has 0 aromatic heterocycles. The largest absolute Gasteiger partial charge is 0.438 e. The minimum absolute atomic E-state index is 0.151. The van der Waals surface area contributed by atoms with Crippen molar-refractivity contribution in [1.29, 1.82) is 0 Å². The van der Waals surface area contributed by atoms with Crippen LogP contribution < -0.4 is 0 Å². The summed E-state index contributed by atoms with van der Waals surface area (Å²) in [5, 5.41) is 22.0. The number of para-hydroxylation sites is 2. The number of hydrogen-bond acceptors (Lipinski definition) is 7. The van der Waals surface area contributed by atoms with E-state index in [-0.39, 0.29) is 35.7 Å². The molecular formula is C16H16N2O7P+. The summed E-state index contributed by atoms with van der Waals surface area (Å²) in [5.41, 5.74) is 0.211. The Morgan fingerprint density at radius 1 is 0.923 bits per heavy atom. The smallest absolute Gasteiger partial charge is 0.258 e. The quantitative estimate of drug-likeness (QED) is 0.394. The fourth-order valence-corrected chi connectivity index (χ4v) is 3.02. The van der Waals surface area contributed by atoms with E-state index in [9.17, 15) is 25.1 Å². The third kappa shape index (κ3) is 4.90. The molecule has 0 fully saturated rings. The monoisotopic (exact) mass is 379 g/mol. The molecule has 0 spiro atoms. The standard InChI is InChI=1S/C16H16N2O7P/c1-2-26(23,24-11-13-7-3-5-9-15(13)17(19)20)25-12-14-8-4-6-10-16(14)18(21)22/h2-10,23H,1,11-12H2/q+1. The molecule has 0 heterocycles. The molecule has 9 nitrogen and oxygen atoms in total. The van der Waals surface area contributed by atoms with E-state index in [1.165, 1.54) is 36.4 Å². The summed E-state index contributed by atoms with van der Waals surface area (Å²) >= 11 is 0. The second-order valence-corrected chi connectivity index (χ2v) is 7.08. The van der Waals surface area contributed by atoms with E-state index in [4.69, 9.17) is 9.05 Å². The number of rotatable bonds is 9. The first-order valence-electron chi connectivity index (χ1n) is 7.35. The number of hydrogen-bond donors (Lipinski definition) is 1. The van der Waals surface area contributed by atoms with E-state index in [1.54, 1.807) is 12.1 Å². The predicted octanol–water partition coefficient (Wildman–Crippen LogP) is 4.13. The van der Waals surface area contributed by atoms with Crippen LogP contribution in [0.3, 0.4) is 0 Å². The Balaban J connectivity index is 2.09. The summed E-state index contributed by atoms with van der Waals surface area (Å²) in [4.78, 5) is 31.3. The van der Waals surface area contributed by atoms with E-state index in [0.717, 1.165) is 5.82 Å². The van der Waals surface area contributed by atoms with Gasteiger partial charge in [-0.1, -0.05) is 30.8 Å². The summed E-state index contributed by atoms with van der Waals surface area (Å²) in [6.45, 7) is 2.91. The Kier molecular flexibility index (Phi) is 6.48. The Labute approximate surface area is 149 Å². The maximum atomic E-state index is 11.0. The average Bonchev–Trinajstić information content (AvgIpc) is 2.65. The predicted molar refractivity (Wildman–Crippen MR) is 95.1 cm³/mol. The minimum Gasteiger partial charge on any atom is -0.258 e. The van der Waals surface area contributed by atoms with Gasteiger partial charge in [-0.05, 0) is 12.1 Å². The molecule has 2 aromatic rings. The van der Waals surface area contributed by atoms with Crippen LogP contribution in [0.4, 0.5) is 11.4 Å². The van der Waals surface area contributed by atoms with Gasteiger partial charge in [-0.15, -0.1) is 0 Å². The molecule has 0 radical (unpaired) electrons. The van der Waals surface area contributed by atoms with E-state index in [0.29, 0.717) is 0 Å². The van der Waals surface area contributed by atoms with Crippen molar-refractivity contribution in [2.24, 2.45) is 0 Å². The molecule has 0 aliphatic heterocycles. The topological polar surface area (TPSA) is 125 Å². The molecule has 0 bridgehead atoms. The van der Waals surface area contributed by atoms with Gasteiger partial charge in [-0.2, -0.15) is 13.9 Å². The van der Waals surface area contributed by atoms with Crippen molar-refractivity contribution < 1.29 is 23.8 Å². The van der Waals surface area contributed by atoms with Crippen LogP contribution in [0.5, 0.6) is 0 Å². The molecule has 0 atom stereocenters. The molecule has 2 rings (SSSR count). The van der Waals surface area contributed by atoms with Crippen LogP contribution in [0.25, 0.3) is 0 Å². The van der Waals surface area contributed by atoms with Crippen LogP contribution >= 0.6 is 7.94 Å². The summed E-state index contributed by atoms with van der Waals surface area (Å²) < 4.78 is 10.7. The third-order valence-corrected chi connectivity index (χ3v) is 4.88. The van der Waals surface area contributed by atoms with E-state index < -0.39 is 17.8 Å². The fraction of sp³-hybridized carbons (Fsp3) is 0.125. The van der Waals surface area contributed by atoms with Crippen LogP contribution in [-0.4, -0.2) is 14.7 Å². The van der Waals surface area contributed by atoms with Gasteiger partial charge in [0.2, 0.25) is 0 Å². The Hall–Kier alpha value is -2.71. The van der Waals surface area contributed by atoms with Gasteiger partial charge in [0.05, 0.1) is 21.0 Å². The number of benzene rings is 2. The first-order chi connectivity index (χ1) is 12.4. The number of nitro benzene ring substituents is 2. The molecule has 136 valence electrons. The lowest BCUT2D eigenvalue weighted by molar-refractivity contribution is -0.385. The minimum atomic E-state index is -3.56. The maximum Gasteiger partial charge on any atom is 0.438 e. The highest BCUT2D eigenvalue weighted by molar-refractivity contribution is 7.63. The van der Waals surface area contributed by atoms with Gasteiger partial charge in [0, 0.05) is 12.1 Å². The van der Waals surface area contributed by atoms with Crippen LogP contribution in [0.15, 0.2) is 60.9 Å². The van der Waals surface area contributed by atoms with Gasteiger partial charge in [-0.25, -0.2) is 0 Å². The molecule has 0 saturated carbocycles. The van der Waals surface area contributed by atoms with Crippen LogP contribution in [-0.2, 0) is 22.3 Å². The zero-order valence-electron chi connectivity index (χ0n) is 13.6. The molecule has 0 saturated heterocycles. The lowest BCUT2D eigenvalue weighted by atomic mass is 10.2. The highest BCUT2D eigenvalue weighted by Crippen LogP contribution is 2.59. The molecule has 2 aromatic carbocycles. The molecule has 0 amide bonds. The van der Waals surface area contributed by atoms with Crippen molar-refractivity contribution in [2.75, 3.05) is 0 Å². The highest BCUT2D eigenvalue weighted by Gasteiger charge is 2.38. The summed E-state index contributed by atoms with van der Waals surface area (Å²) in [5.74, 6) is 1.07. The van der Waals surface area contributed by atoms with Gasteiger partial charge in [0.25, 0.3) is 11.4 Å². The van der Waals surface area contributed by atoms with Crippen molar-refractivity contribution >= 4 is 19.3 Å². The lowest BCUT2D eigenvalue weighted by Gasteiger charge is -2.13. The molecule has 10 heteroatoms. The van der Waals surface area contributed by atoms with Crippen molar-refractivity contribution in [3.8, 4) is 0 Å². The normalized spacial score (nSPS) is 11.1. The first-order valence-corrected chi connectivity index (χ1v) is 8.99. The second-order valence-electron chi connectivity index (χ2n) is 5.07. The van der Waals surface area contributed by atoms with E-state index in [1.807, 2.05) is 0 Å². The van der Waals surface area contributed by atoms with Crippen LogP contribution in [0.2, 0.25) is 0 Å². The maximum absolute atomic E-state index is 11.0. The van der Waals surface area contributed by atoms with Gasteiger partial charge >= 0.3 is 7.94 Å². The zero-order chi connectivity index (χ0) is 19.2. The summed E-state index contributed by atoms with van der Waals surface area (Å²) in [6.07, 6.45) is 0. The molecule has 0 aliphatic rings. The molecule has 26 heavy (non-hydrogen) atoms. The second kappa shape index (κ2) is 8.59. The molecule has 0 aliphatic carbocycles. The summed E-state index contributed by atoms with van der Waals surface area (Å²) in [6, 6.07) is 11.9. The third-order valence-electron chi connectivity index (χ3n) is 3.42. The van der Waals surface area contributed by atoms with Gasteiger partial charge in [-0.3, -0.25) is 20.2 Å². The van der Waals surface area contributed by atoms with Crippen molar-refractivity contribution in [2.45, 2.75) is 13.2 Å². The Bertz CT molecular complexity index is 766. The Morgan fingerprint density at radius 2 is 1.31 bits per heavy atom. The number of nitro groups is 2.